The molecule has 1 fully saturated rings. The highest BCUT2D eigenvalue weighted by molar-refractivity contribution is 5.89. The fourth-order valence-corrected chi connectivity index (χ4v) is 2.56. The summed E-state index contributed by atoms with van der Waals surface area (Å²) in [5.74, 6) is 0. The van der Waals surface area contributed by atoms with Gasteiger partial charge >= 0.3 is 6.03 Å². The Labute approximate surface area is 139 Å². The van der Waals surface area contributed by atoms with E-state index in [1.807, 2.05) is 18.2 Å². The minimum absolute atomic E-state index is 0.183. The number of ether oxygens (including phenoxy) is 1. The van der Waals surface area contributed by atoms with Gasteiger partial charge in [0.15, 0.2) is 0 Å². The molecule has 2 heterocycles. The Kier molecular flexibility index (Phi) is 5.42. The lowest BCUT2D eigenvalue weighted by Crippen LogP contribution is -2.45. The zero-order chi connectivity index (χ0) is 16.8. The molecule has 1 aromatic carbocycles. The van der Waals surface area contributed by atoms with Crippen molar-refractivity contribution in [1.29, 1.82) is 0 Å². The zero-order valence-electron chi connectivity index (χ0n) is 13.1. The molecule has 8 heteroatoms. The molecule has 1 aliphatic heterocycles. The number of carbonyl (C=O) groups excluding carboxylic acids is 1. The van der Waals surface area contributed by atoms with Crippen LogP contribution in [0, 0.1) is 0 Å². The molecule has 0 saturated carbocycles. The summed E-state index contributed by atoms with van der Waals surface area (Å²) >= 11 is 0. The number of aromatic amines is 1. The van der Waals surface area contributed by atoms with Crippen LogP contribution in [0.1, 0.15) is 5.69 Å². The summed E-state index contributed by atoms with van der Waals surface area (Å²) in [5.41, 5.74) is 1.65. The summed E-state index contributed by atoms with van der Waals surface area (Å²) in [6.45, 7) is 1.20. The fraction of sp³-hybridized carbons (Fsp3) is 0.375. The van der Waals surface area contributed by atoms with Crippen LogP contribution in [0.2, 0.25) is 0 Å². The van der Waals surface area contributed by atoms with E-state index in [0.717, 1.165) is 5.69 Å². The number of para-hydroxylation sites is 1. The monoisotopic (exact) mass is 331 g/mol. The number of hydrogen-bond acceptors (Lipinski definition) is 5. The first-order chi connectivity index (χ1) is 11.7. The highest BCUT2D eigenvalue weighted by Gasteiger charge is 2.35. The van der Waals surface area contributed by atoms with Crippen molar-refractivity contribution < 1.29 is 14.6 Å². The van der Waals surface area contributed by atoms with Crippen LogP contribution in [0.5, 0.6) is 0 Å². The Morgan fingerprint density at radius 3 is 2.96 bits per heavy atom. The molecule has 1 aromatic heterocycles. The van der Waals surface area contributed by atoms with Gasteiger partial charge in [-0.3, -0.25) is 0 Å². The topological polar surface area (TPSA) is 111 Å². The van der Waals surface area contributed by atoms with Crippen LogP contribution in [0.25, 0.3) is 0 Å². The maximum atomic E-state index is 11.9. The summed E-state index contributed by atoms with van der Waals surface area (Å²) in [6.07, 6.45) is 2.20. The Balaban J connectivity index is 1.40. The van der Waals surface area contributed by atoms with Crippen molar-refractivity contribution in [3.05, 3.63) is 48.5 Å². The van der Waals surface area contributed by atoms with Gasteiger partial charge in [0.1, 0.15) is 6.10 Å². The summed E-state index contributed by atoms with van der Waals surface area (Å²) < 4.78 is 5.57. The summed E-state index contributed by atoms with van der Waals surface area (Å²) in [6, 6.07) is 8.65. The smallest absolute Gasteiger partial charge is 0.319 e. The van der Waals surface area contributed by atoms with Gasteiger partial charge in [-0.2, -0.15) is 0 Å². The molecule has 1 saturated heterocycles. The van der Waals surface area contributed by atoms with Crippen LogP contribution in [0.4, 0.5) is 10.5 Å². The molecule has 3 rings (SSSR count). The predicted octanol–water partition coefficient (Wildman–Crippen LogP) is 0.449. The molecule has 0 unspecified atom stereocenters. The summed E-state index contributed by atoms with van der Waals surface area (Å²) in [5, 5.41) is 18.9. The van der Waals surface area contributed by atoms with Crippen molar-refractivity contribution in [1.82, 2.24) is 20.6 Å². The number of rotatable bonds is 6. The van der Waals surface area contributed by atoms with E-state index in [9.17, 15) is 9.90 Å². The minimum atomic E-state index is -0.690. The van der Waals surface area contributed by atoms with Crippen molar-refractivity contribution in [2.45, 2.75) is 24.8 Å². The molecule has 24 heavy (non-hydrogen) atoms. The van der Waals surface area contributed by atoms with Gasteiger partial charge in [-0.1, -0.05) is 18.2 Å². The molecule has 0 spiro atoms. The molecular weight excluding hydrogens is 310 g/mol. The van der Waals surface area contributed by atoms with Gasteiger partial charge in [0.2, 0.25) is 0 Å². The number of H-pyrrole nitrogens is 1. The third kappa shape index (κ3) is 4.31. The average Bonchev–Trinajstić information content (AvgIpc) is 3.22. The van der Waals surface area contributed by atoms with Crippen molar-refractivity contribution >= 4 is 11.7 Å². The normalized spacial score (nSPS) is 23.1. The maximum absolute atomic E-state index is 11.9. The number of aliphatic hydroxyl groups is 1. The number of hydrogen-bond donors (Lipinski definition) is 5. The number of nitrogens with zero attached hydrogens (tertiary/aromatic N) is 1. The number of aliphatic hydroxyl groups excluding tert-OH is 1. The molecule has 0 radical (unpaired) electrons. The van der Waals surface area contributed by atoms with E-state index >= 15 is 0 Å². The van der Waals surface area contributed by atoms with Gasteiger partial charge < -0.3 is 30.8 Å². The molecular formula is C16H21N5O3. The van der Waals surface area contributed by atoms with Gasteiger partial charge in [0, 0.05) is 30.7 Å². The molecule has 3 atom stereocenters. The van der Waals surface area contributed by atoms with Crippen LogP contribution in [0.15, 0.2) is 42.9 Å². The van der Waals surface area contributed by atoms with Crippen LogP contribution in [0.3, 0.4) is 0 Å². The first kappa shape index (κ1) is 16.4. The number of carbonyl (C=O) groups is 1. The lowest BCUT2D eigenvalue weighted by atomic mass is 10.1. The van der Waals surface area contributed by atoms with Crippen LogP contribution in [-0.2, 0) is 11.3 Å². The van der Waals surface area contributed by atoms with Gasteiger partial charge in [-0.05, 0) is 12.1 Å². The number of nitrogens with one attached hydrogen (secondary N) is 4. The van der Waals surface area contributed by atoms with Crippen molar-refractivity contribution in [3.63, 3.8) is 0 Å². The number of urea groups is 1. The van der Waals surface area contributed by atoms with Crippen LogP contribution in [-0.4, -0.2) is 52.5 Å². The zero-order valence-corrected chi connectivity index (χ0v) is 13.1. The largest absolute Gasteiger partial charge is 0.389 e. The third-order valence-electron chi connectivity index (χ3n) is 3.89. The lowest BCUT2D eigenvalue weighted by Gasteiger charge is -2.18. The standard InChI is InChI=1S/C16H21N5O3/c22-15-13(18-7-12-6-17-10-20-12)9-24-14(15)8-19-16(23)21-11-4-2-1-3-5-11/h1-6,10,13-15,18,22H,7-9H2,(H,17,20)(H2,19,21,23)/t13-,14-,15+/m1/s1. The Bertz CT molecular complexity index is 634. The second-order valence-corrected chi connectivity index (χ2v) is 5.63. The van der Waals surface area contributed by atoms with Gasteiger partial charge in [-0.15, -0.1) is 0 Å². The van der Waals surface area contributed by atoms with E-state index in [2.05, 4.69) is 25.9 Å². The van der Waals surface area contributed by atoms with Crippen molar-refractivity contribution in [2.24, 2.45) is 0 Å². The first-order valence-electron chi connectivity index (χ1n) is 7.82. The molecule has 0 aliphatic carbocycles. The van der Waals surface area contributed by atoms with Crippen molar-refractivity contribution in [3.8, 4) is 0 Å². The quantitative estimate of drug-likeness (QED) is 0.528. The highest BCUT2D eigenvalue weighted by atomic mass is 16.5. The second-order valence-electron chi connectivity index (χ2n) is 5.63. The lowest BCUT2D eigenvalue weighted by molar-refractivity contribution is 0.0428. The molecule has 128 valence electrons. The summed E-state index contributed by atoms with van der Waals surface area (Å²) in [4.78, 5) is 18.8. The molecule has 1 aliphatic rings. The number of anilines is 1. The maximum Gasteiger partial charge on any atom is 0.319 e. The Morgan fingerprint density at radius 1 is 1.38 bits per heavy atom. The van der Waals surface area contributed by atoms with Crippen molar-refractivity contribution in [2.75, 3.05) is 18.5 Å². The Hall–Kier alpha value is -2.42. The number of amides is 2. The van der Waals surface area contributed by atoms with E-state index in [1.54, 1.807) is 24.7 Å². The SMILES string of the molecule is O=C(NC[C@H]1OC[C@@H](NCc2cnc[nH]2)[C@@H]1O)Nc1ccccc1. The van der Waals surface area contributed by atoms with Gasteiger partial charge in [-0.25, -0.2) is 9.78 Å². The van der Waals surface area contributed by atoms with Crippen LogP contribution >= 0.6 is 0 Å². The van der Waals surface area contributed by atoms with E-state index in [1.165, 1.54) is 0 Å². The highest BCUT2D eigenvalue weighted by Crippen LogP contribution is 2.14. The van der Waals surface area contributed by atoms with E-state index in [0.29, 0.717) is 18.8 Å². The van der Waals surface area contributed by atoms with E-state index in [4.69, 9.17) is 4.74 Å². The molecule has 8 nitrogen and oxygen atoms in total. The average molecular weight is 331 g/mol. The second kappa shape index (κ2) is 7.91. The van der Waals surface area contributed by atoms with Gasteiger partial charge in [0.05, 0.1) is 25.1 Å². The molecule has 0 bridgehead atoms. The van der Waals surface area contributed by atoms with E-state index in [-0.39, 0.29) is 18.6 Å². The summed E-state index contributed by atoms with van der Waals surface area (Å²) in [7, 11) is 0. The molecule has 5 N–H and O–H groups in total. The number of imidazole rings is 1. The molecule has 2 amide bonds. The minimum Gasteiger partial charge on any atom is -0.389 e. The third-order valence-corrected chi connectivity index (χ3v) is 3.89. The number of aromatic nitrogens is 2. The molecule has 2 aromatic rings. The predicted molar refractivity (Wildman–Crippen MR) is 88.4 cm³/mol. The fourth-order valence-electron chi connectivity index (χ4n) is 2.56. The van der Waals surface area contributed by atoms with E-state index < -0.39 is 12.2 Å². The number of benzene rings is 1. The first-order valence-corrected chi connectivity index (χ1v) is 7.82. The van der Waals surface area contributed by atoms with Gasteiger partial charge in [0.25, 0.3) is 0 Å². The van der Waals surface area contributed by atoms with Crippen LogP contribution < -0.4 is 16.0 Å². The Morgan fingerprint density at radius 2 is 2.21 bits per heavy atom.